The average molecular weight is 258 g/mol. The molecule has 0 aliphatic carbocycles. The van der Waals surface area contributed by atoms with Crippen molar-refractivity contribution in [3.8, 4) is 0 Å². The lowest BCUT2D eigenvalue weighted by molar-refractivity contribution is 0.0773. The maximum Gasteiger partial charge on any atom is 0.297 e. The minimum absolute atomic E-state index is 0.0854. The summed E-state index contributed by atoms with van der Waals surface area (Å²) in [5.74, 6) is 0. The van der Waals surface area contributed by atoms with Gasteiger partial charge in [0.1, 0.15) is 12.2 Å². The topological polar surface area (TPSA) is 72.8 Å². The van der Waals surface area contributed by atoms with Gasteiger partial charge in [0.2, 0.25) is 0 Å². The quantitative estimate of drug-likeness (QED) is 0.797. The largest absolute Gasteiger partial charge is 0.388 e. The van der Waals surface area contributed by atoms with E-state index in [-0.39, 0.29) is 18.1 Å². The van der Waals surface area contributed by atoms with Gasteiger partial charge in [-0.05, 0) is 19.1 Å². The summed E-state index contributed by atoms with van der Waals surface area (Å²) in [6.07, 6.45) is -1.71. The Hall–Kier alpha value is -0.950. The molecule has 2 atom stereocenters. The van der Waals surface area contributed by atoms with Gasteiger partial charge < -0.3 is 9.84 Å². The van der Waals surface area contributed by atoms with Crippen molar-refractivity contribution in [3.63, 3.8) is 0 Å². The Bertz CT molecular complexity index is 479. The van der Waals surface area contributed by atoms with E-state index in [9.17, 15) is 13.5 Å². The molecule has 1 aromatic rings. The van der Waals surface area contributed by atoms with Crippen molar-refractivity contribution in [3.05, 3.63) is 29.8 Å². The van der Waals surface area contributed by atoms with Gasteiger partial charge in [0.05, 0.1) is 18.1 Å². The maximum atomic E-state index is 11.9. The van der Waals surface area contributed by atoms with Crippen molar-refractivity contribution in [2.75, 3.05) is 13.2 Å². The normalized spacial score (nSPS) is 25.1. The number of benzene rings is 1. The minimum atomic E-state index is -3.83. The molecule has 0 bridgehead atoms. The molecule has 0 saturated carbocycles. The second-order valence-electron chi connectivity index (χ2n) is 4.01. The number of hydrogen-bond donors (Lipinski definition) is 1. The summed E-state index contributed by atoms with van der Waals surface area (Å²) in [6, 6.07) is 6.34. The third kappa shape index (κ3) is 2.84. The summed E-state index contributed by atoms with van der Waals surface area (Å²) in [5, 5.41) is 9.43. The molecule has 1 fully saturated rings. The second-order valence-corrected chi connectivity index (χ2v) is 5.58. The fourth-order valence-corrected chi connectivity index (χ4v) is 2.63. The molecule has 94 valence electrons. The second kappa shape index (κ2) is 4.73. The van der Waals surface area contributed by atoms with Crippen LogP contribution in [0, 0.1) is 6.92 Å². The first-order valence-electron chi connectivity index (χ1n) is 5.25. The van der Waals surface area contributed by atoms with Gasteiger partial charge in [-0.25, -0.2) is 0 Å². The lowest BCUT2D eigenvalue weighted by Gasteiger charge is -2.13. The van der Waals surface area contributed by atoms with E-state index >= 15 is 0 Å². The molecule has 0 spiro atoms. The number of aliphatic hydroxyl groups excluding tert-OH is 1. The molecule has 0 unspecified atom stereocenters. The Kier molecular flexibility index (Phi) is 3.48. The fourth-order valence-electron chi connectivity index (χ4n) is 1.54. The molecule has 17 heavy (non-hydrogen) atoms. The first-order chi connectivity index (χ1) is 7.99. The SMILES string of the molecule is Cc1ccc(S(=O)(=O)O[C@H]2COC[C@H]2O)cc1. The number of ether oxygens (including phenoxy) is 1. The van der Waals surface area contributed by atoms with Crippen molar-refractivity contribution in [2.24, 2.45) is 0 Å². The van der Waals surface area contributed by atoms with E-state index in [1.807, 2.05) is 6.92 Å². The van der Waals surface area contributed by atoms with Gasteiger partial charge in [-0.2, -0.15) is 8.42 Å². The van der Waals surface area contributed by atoms with Gasteiger partial charge in [0, 0.05) is 0 Å². The maximum absolute atomic E-state index is 11.9. The van der Waals surface area contributed by atoms with Gasteiger partial charge in [0.25, 0.3) is 10.1 Å². The number of hydrogen-bond acceptors (Lipinski definition) is 5. The van der Waals surface area contributed by atoms with E-state index in [1.165, 1.54) is 12.1 Å². The molecule has 6 heteroatoms. The van der Waals surface area contributed by atoms with Crippen molar-refractivity contribution >= 4 is 10.1 Å². The highest BCUT2D eigenvalue weighted by atomic mass is 32.2. The smallest absolute Gasteiger partial charge is 0.297 e. The van der Waals surface area contributed by atoms with Crippen LogP contribution in [-0.4, -0.2) is 38.9 Å². The van der Waals surface area contributed by atoms with Crippen LogP contribution in [-0.2, 0) is 19.0 Å². The number of aliphatic hydroxyl groups is 1. The molecule has 1 aliphatic rings. The molecule has 0 radical (unpaired) electrons. The highest BCUT2D eigenvalue weighted by molar-refractivity contribution is 7.86. The Morgan fingerprint density at radius 3 is 2.47 bits per heavy atom. The third-order valence-electron chi connectivity index (χ3n) is 2.56. The van der Waals surface area contributed by atoms with Crippen LogP contribution in [0.25, 0.3) is 0 Å². The third-order valence-corrected chi connectivity index (χ3v) is 3.91. The van der Waals surface area contributed by atoms with E-state index in [2.05, 4.69) is 0 Å². The van der Waals surface area contributed by atoms with Crippen LogP contribution in [0.4, 0.5) is 0 Å². The summed E-state index contributed by atoms with van der Waals surface area (Å²) in [5.41, 5.74) is 0.966. The highest BCUT2D eigenvalue weighted by Crippen LogP contribution is 2.19. The number of rotatable bonds is 3. The highest BCUT2D eigenvalue weighted by Gasteiger charge is 2.32. The first-order valence-corrected chi connectivity index (χ1v) is 6.65. The van der Waals surface area contributed by atoms with Crippen molar-refractivity contribution in [1.82, 2.24) is 0 Å². The minimum Gasteiger partial charge on any atom is -0.388 e. The van der Waals surface area contributed by atoms with E-state index in [4.69, 9.17) is 8.92 Å². The summed E-state index contributed by atoms with van der Waals surface area (Å²) in [7, 11) is -3.83. The lowest BCUT2D eigenvalue weighted by atomic mass is 10.2. The Morgan fingerprint density at radius 2 is 1.94 bits per heavy atom. The van der Waals surface area contributed by atoms with E-state index in [0.29, 0.717) is 0 Å². The molecule has 1 heterocycles. The monoisotopic (exact) mass is 258 g/mol. The average Bonchev–Trinajstić information content (AvgIpc) is 2.64. The first kappa shape index (κ1) is 12.5. The van der Waals surface area contributed by atoms with Crippen LogP contribution < -0.4 is 0 Å². The zero-order valence-corrected chi connectivity index (χ0v) is 10.2. The Balaban J connectivity index is 2.16. The predicted octanol–water partition coefficient (Wildman–Crippen LogP) is 0.460. The summed E-state index contributed by atoms with van der Waals surface area (Å²) in [4.78, 5) is 0.0854. The Labute approximate surface area is 100 Å². The van der Waals surface area contributed by atoms with Crippen LogP contribution >= 0.6 is 0 Å². The summed E-state index contributed by atoms with van der Waals surface area (Å²) >= 11 is 0. The van der Waals surface area contributed by atoms with Crippen LogP contribution in [0.3, 0.4) is 0 Å². The number of aryl methyl sites for hydroxylation is 1. The molecular formula is C11H14O5S. The zero-order chi connectivity index (χ0) is 12.5. The molecular weight excluding hydrogens is 244 g/mol. The molecule has 5 nitrogen and oxygen atoms in total. The van der Waals surface area contributed by atoms with E-state index in [0.717, 1.165) is 5.56 Å². The van der Waals surface area contributed by atoms with Crippen molar-refractivity contribution in [1.29, 1.82) is 0 Å². The van der Waals surface area contributed by atoms with E-state index in [1.54, 1.807) is 12.1 Å². The van der Waals surface area contributed by atoms with Gasteiger partial charge >= 0.3 is 0 Å². The molecule has 0 aromatic heterocycles. The molecule has 2 rings (SSSR count). The van der Waals surface area contributed by atoms with Crippen molar-refractivity contribution in [2.45, 2.75) is 24.0 Å². The predicted molar refractivity (Wildman–Crippen MR) is 60.1 cm³/mol. The standard InChI is InChI=1S/C11H14O5S/c1-8-2-4-9(5-3-8)17(13,14)16-11-7-15-6-10(11)12/h2-5,10-12H,6-7H2,1H3/t10-,11+/m1/s1. The van der Waals surface area contributed by atoms with Crippen LogP contribution in [0.1, 0.15) is 5.56 Å². The molecule has 1 saturated heterocycles. The van der Waals surface area contributed by atoms with E-state index < -0.39 is 22.3 Å². The van der Waals surface area contributed by atoms with Crippen molar-refractivity contribution < 1.29 is 22.4 Å². The molecule has 1 N–H and O–H groups in total. The van der Waals surface area contributed by atoms with Crippen LogP contribution in [0.5, 0.6) is 0 Å². The molecule has 0 amide bonds. The lowest BCUT2D eigenvalue weighted by Crippen LogP contribution is -2.29. The molecule has 1 aliphatic heterocycles. The van der Waals surface area contributed by atoms with Gasteiger partial charge in [-0.1, -0.05) is 17.7 Å². The van der Waals surface area contributed by atoms with Gasteiger partial charge in [0.15, 0.2) is 0 Å². The van der Waals surface area contributed by atoms with Gasteiger partial charge in [-0.15, -0.1) is 0 Å². The Morgan fingerprint density at radius 1 is 1.29 bits per heavy atom. The van der Waals surface area contributed by atoms with Gasteiger partial charge in [-0.3, -0.25) is 4.18 Å². The zero-order valence-electron chi connectivity index (χ0n) is 9.37. The molecule has 1 aromatic carbocycles. The summed E-state index contributed by atoms with van der Waals surface area (Å²) in [6.45, 7) is 2.06. The van der Waals surface area contributed by atoms with Crippen LogP contribution in [0.2, 0.25) is 0 Å². The summed E-state index contributed by atoms with van der Waals surface area (Å²) < 4.78 is 33.6. The fraction of sp³-hybridized carbons (Fsp3) is 0.455. The van der Waals surface area contributed by atoms with Crippen LogP contribution in [0.15, 0.2) is 29.2 Å².